The van der Waals surface area contributed by atoms with Gasteiger partial charge in [-0.2, -0.15) is 0 Å². The lowest BCUT2D eigenvalue weighted by Gasteiger charge is -2.22. The first kappa shape index (κ1) is 15.7. The summed E-state index contributed by atoms with van der Waals surface area (Å²) < 4.78 is 0.973. The van der Waals surface area contributed by atoms with Gasteiger partial charge in [-0.15, -0.1) is 0 Å². The third-order valence-corrected chi connectivity index (χ3v) is 3.75. The number of carbonyl (C=O) groups is 1. The zero-order chi connectivity index (χ0) is 15.8. The minimum absolute atomic E-state index is 0.277. The SMILES string of the molecule is Cc1cc(C(=O)O)c(C(C)(C)C)nc1-c1cccc(Br)c1. The fourth-order valence-corrected chi connectivity index (χ4v) is 2.68. The number of halogens is 1. The zero-order valence-electron chi connectivity index (χ0n) is 12.6. The van der Waals surface area contributed by atoms with Crippen molar-refractivity contribution >= 4 is 21.9 Å². The van der Waals surface area contributed by atoms with E-state index in [9.17, 15) is 9.90 Å². The summed E-state index contributed by atoms with van der Waals surface area (Å²) in [4.78, 5) is 16.1. The molecule has 0 atom stereocenters. The van der Waals surface area contributed by atoms with Crippen molar-refractivity contribution in [2.75, 3.05) is 0 Å². The monoisotopic (exact) mass is 347 g/mol. The molecule has 0 radical (unpaired) electrons. The number of aromatic nitrogens is 1. The lowest BCUT2D eigenvalue weighted by molar-refractivity contribution is 0.0693. The lowest BCUT2D eigenvalue weighted by atomic mass is 9.87. The van der Waals surface area contributed by atoms with E-state index in [2.05, 4.69) is 20.9 Å². The Hall–Kier alpha value is -1.68. The Kier molecular flexibility index (Phi) is 4.19. The maximum atomic E-state index is 11.5. The summed E-state index contributed by atoms with van der Waals surface area (Å²) in [6.45, 7) is 7.81. The summed E-state index contributed by atoms with van der Waals surface area (Å²) >= 11 is 3.46. The standard InChI is InChI=1S/C17H18BrNO2/c1-10-8-13(16(20)21)15(17(2,3)4)19-14(10)11-6-5-7-12(18)9-11/h5-9H,1-4H3,(H,20,21). The Labute approximate surface area is 133 Å². The van der Waals surface area contributed by atoms with E-state index in [-0.39, 0.29) is 11.0 Å². The molecule has 0 aliphatic rings. The van der Waals surface area contributed by atoms with Crippen LogP contribution in [0.3, 0.4) is 0 Å². The van der Waals surface area contributed by atoms with E-state index in [0.29, 0.717) is 5.69 Å². The van der Waals surface area contributed by atoms with Crippen LogP contribution in [0, 0.1) is 6.92 Å². The highest BCUT2D eigenvalue weighted by Gasteiger charge is 2.25. The van der Waals surface area contributed by atoms with Gasteiger partial charge >= 0.3 is 5.97 Å². The Morgan fingerprint density at radius 1 is 1.24 bits per heavy atom. The Morgan fingerprint density at radius 3 is 2.43 bits per heavy atom. The van der Waals surface area contributed by atoms with Crippen molar-refractivity contribution in [3.63, 3.8) is 0 Å². The van der Waals surface area contributed by atoms with Crippen LogP contribution < -0.4 is 0 Å². The maximum Gasteiger partial charge on any atom is 0.337 e. The molecule has 1 heterocycles. The molecule has 2 rings (SSSR count). The fraction of sp³-hybridized carbons (Fsp3) is 0.294. The first-order valence-corrected chi connectivity index (χ1v) is 7.51. The van der Waals surface area contributed by atoms with Crippen molar-refractivity contribution in [2.24, 2.45) is 0 Å². The highest BCUT2D eigenvalue weighted by atomic mass is 79.9. The molecule has 2 aromatic rings. The number of nitrogens with zero attached hydrogens (tertiary/aromatic N) is 1. The number of carboxylic acids is 1. The van der Waals surface area contributed by atoms with Crippen molar-refractivity contribution in [3.8, 4) is 11.3 Å². The normalized spacial score (nSPS) is 11.5. The molecule has 4 heteroatoms. The van der Waals surface area contributed by atoms with Crippen LogP contribution in [0.2, 0.25) is 0 Å². The number of carboxylic acid groups (broad SMARTS) is 1. The highest BCUT2D eigenvalue weighted by molar-refractivity contribution is 9.10. The first-order chi connectivity index (χ1) is 9.70. The molecule has 0 bridgehead atoms. The van der Waals surface area contributed by atoms with Gasteiger partial charge in [0.2, 0.25) is 0 Å². The number of aromatic carboxylic acids is 1. The van der Waals surface area contributed by atoms with Crippen molar-refractivity contribution in [2.45, 2.75) is 33.1 Å². The van der Waals surface area contributed by atoms with E-state index in [1.165, 1.54) is 0 Å². The van der Waals surface area contributed by atoms with E-state index in [1.807, 2.05) is 52.0 Å². The second kappa shape index (κ2) is 5.60. The van der Waals surface area contributed by atoms with Gasteiger partial charge in [0, 0.05) is 15.5 Å². The molecule has 3 nitrogen and oxygen atoms in total. The summed E-state index contributed by atoms with van der Waals surface area (Å²) in [7, 11) is 0. The molecular formula is C17H18BrNO2. The van der Waals surface area contributed by atoms with E-state index in [0.717, 1.165) is 21.3 Å². The van der Waals surface area contributed by atoms with Crippen LogP contribution in [0.5, 0.6) is 0 Å². The molecule has 0 amide bonds. The Morgan fingerprint density at radius 2 is 1.90 bits per heavy atom. The molecule has 0 aliphatic carbocycles. The number of pyridine rings is 1. The molecule has 0 saturated carbocycles. The van der Waals surface area contributed by atoms with Gasteiger partial charge in [0.05, 0.1) is 17.0 Å². The smallest absolute Gasteiger partial charge is 0.337 e. The third-order valence-electron chi connectivity index (χ3n) is 3.25. The van der Waals surface area contributed by atoms with Crippen LogP contribution in [0.4, 0.5) is 0 Å². The largest absolute Gasteiger partial charge is 0.478 e. The summed E-state index contributed by atoms with van der Waals surface area (Å²) in [5.41, 5.74) is 3.21. The second-order valence-corrected chi connectivity index (χ2v) is 7.03. The van der Waals surface area contributed by atoms with Crippen LogP contribution in [0.25, 0.3) is 11.3 Å². The van der Waals surface area contributed by atoms with Crippen LogP contribution >= 0.6 is 15.9 Å². The number of rotatable bonds is 2. The molecule has 0 spiro atoms. The zero-order valence-corrected chi connectivity index (χ0v) is 14.2. The van der Waals surface area contributed by atoms with Gasteiger partial charge in [-0.25, -0.2) is 4.79 Å². The van der Waals surface area contributed by atoms with Crippen LogP contribution in [-0.2, 0) is 5.41 Å². The average Bonchev–Trinajstić information content (AvgIpc) is 2.36. The number of aryl methyl sites for hydroxylation is 1. The van der Waals surface area contributed by atoms with Crippen LogP contribution in [-0.4, -0.2) is 16.1 Å². The summed E-state index contributed by atoms with van der Waals surface area (Å²) in [5, 5.41) is 9.41. The predicted molar refractivity (Wildman–Crippen MR) is 87.8 cm³/mol. The first-order valence-electron chi connectivity index (χ1n) is 6.71. The third kappa shape index (κ3) is 3.32. The minimum atomic E-state index is -0.934. The summed E-state index contributed by atoms with van der Waals surface area (Å²) in [6, 6.07) is 9.58. The topological polar surface area (TPSA) is 50.2 Å². The lowest BCUT2D eigenvalue weighted by Crippen LogP contribution is -2.20. The van der Waals surface area contributed by atoms with Crippen molar-refractivity contribution in [1.29, 1.82) is 0 Å². The quantitative estimate of drug-likeness (QED) is 0.847. The average molecular weight is 348 g/mol. The van der Waals surface area contributed by atoms with Gasteiger partial charge < -0.3 is 5.11 Å². The van der Waals surface area contributed by atoms with Crippen LogP contribution in [0.1, 0.15) is 42.4 Å². The van der Waals surface area contributed by atoms with E-state index in [1.54, 1.807) is 6.07 Å². The maximum absolute atomic E-state index is 11.5. The predicted octanol–water partition coefficient (Wildman–Crippen LogP) is 4.82. The minimum Gasteiger partial charge on any atom is -0.478 e. The van der Waals surface area contributed by atoms with Crippen molar-refractivity contribution < 1.29 is 9.90 Å². The molecule has 110 valence electrons. The Balaban J connectivity index is 2.72. The number of hydrogen-bond acceptors (Lipinski definition) is 2. The van der Waals surface area contributed by atoms with Gasteiger partial charge in [0.25, 0.3) is 0 Å². The highest BCUT2D eigenvalue weighted by Crippen LogP contribution is 2.31. The van der Waals surface area contributed by atoms with Crippen LogP contribution in [0.15, 0.2) is 34.8 Å². The number of hydrogen-bond donors (Lipinski definition) is 1. The van der Waals surface area contributed by atoms with E-state index >= 15 is 0 Å². The molecule has 0 unspecified atom stereocenters. The molecule has 21 heavy (non-hydrogen) atoms. The van der Waals surface area contributed by atoms with E-state index in [4.69, 9.17) is 0 Å². The summed E-state index contributed by atoms with van der Waals surface area (Å²) in [5.74, 6) is -0.934. The molecule has 1 aromatic heterocycles. The van der Waals surface area contributed by atoms with Gasteiger partial charge in [-0.05, 0) is 30.7 Å². The molecular weight excluding hydrogens is 330 g/mol. The van der Waals surface area contributed by atoms with Gasteiger partial charge in [0.15, 0.2) is 0 Å². The fourth-order valence-electron chi connectivity index (χ4n) is 2.28. The van der Waals surface area contributed by atoms with E-state index < -0.39 is 5.97 Å². The molecule has 1 N–H and O–H groups in total. The van der Waals surface area contributed by atoms with Crippen molar-refractivity contribution in [1.82, 2.24) is 4.98 Å². The molecule has 0 fully saturated rings. The number of benzene rings is 1. The second-order valence-electron chi connectivity index (χ2n) is 6.12. The molecule has 0 aliphatic heterocycles. The van der Waals surface area contributed by atoms with Gasteiger partial charge in [0.1, 0.15) is 0 Å². The molecule has 1 aromatic carbocycles. The van der Waals surface area contributed by atoms with Gasteiger partial charge in [-0.1, -0.05) is 48.8 Å². The Bertz CT molecular complexity index is 702. The molecule has 0 saturated heterocycles. The summed E-state index contributed by atoms with van der Waals surface area (Å²) in [6.07, 6.45) is 0. The van der Waals surface area contributed by atoms with Crippen molar-refractivity contribution in [3.05, 3.63) is 51.6 Å². The van der Waals surface area contributed by atoms with Gasteiger partial charge in [-0.3, -0.25) is 4.98 Å².